The molecular weight excluding hydrogens is 590 g/mol. The van der Waals surface area contributed by atoms with Gasteiger partial charge in [-0.25, -0.2) is 18.2 Å². The molecule has 0 saturated heterocycles. The fourth-order valence-corrected chi connectivity index (χ4v) is 6.57. The first-order valence-corrected chi connectivity index (χ1v) is 15.0. The highest BCUT2D eigenvalue weighted by molar-refractivity contribution is 7.94. The number of esters is 1. The Kier molecular flexibility index (Phi) is 8.43. The molecule has 0 saturated carbocycles. The molecule has 3 heterocycles. The number of ether oxygens (including phenoxy) is 2. The Bertz CT molecular complexity index is 1640. The summed E-state index contributed by atoms with van der Waals surface area (Å²) in [6, 6.07) is 19.5. The highest BCUT2D eigenvalue weighted by atomic mass is 35.5. The molecule has 0 bridgehead atoms. The molecule has 0 aliphatic carbocycles. The van der Waals surface area contributed by atoms with Gasteiger partial charge in [0, 0.05) is 18.5 Å². The summed E-state index contributed by atoms with van der Waals surface area (Å²) in [4.78, 5) is 25.3. The molecule has 0 radical (unpaired) electrons. The van der Waals surface area contributed by atoms with Gasteiger partial charge < -0.3 is 13.9 Å². The van der Waals surface area contributed by atoms with E-state index in [1.807, 2.05) is 12.1 Å². The lowest BCUT2D eigenvalue weighted by Gasteiger charge is -2.19. The topological polar surface area (TPSA) is 119 Å². The van der Waals surface area contributed by atoms with Crippen molar-refractivity contribution in [2.24, 2.45) is 5.10 Å². The summed E-state index contributed by atoms with van der Waals surface area (Å²) in [7, 11) is -2.21. The minimum Gasteiger partial charge on any atom is -0.482 e. The van der Waals surface area contributed by atoms with Gasteiger partial charge in [0.1, 0.15) is 21.8 Å². The van der Waals surface area contributed by atoms with Crippen molar-refractivity contribution in [2.45, 2.75) is 16.7 Å². The lowest BCUT2D eigenvalue weighted by Crippen LogP contribution is -2.32. The van der Waals surface area contributed by atoms with Gasteiger partial charge in [0.15, 0.2) is 13.2 Å². The summed E-state index contributed by atoms with van der Waals surface area (Å²) in [6.07, 6.45) is 1.93. The average molecular weight is 614 g/mol. The van der Waals surface area contributed by atoms with Crippen LogP contribution in [-0.2, 0) is 24.3 Å². The van der Waals surface area contributed by atoms with Gasteiger partial charge in [-0.3, -0.25) is 9.10 Å². The Morgan fingerprint density at radius 3 is 2.49 bits per heavy atom. The van der Waals surface area contributed by atoms with Crippen molar-refractivity contribution >= 4 is 56.2 Å². The van der Waals surface area contributed by atoms with E-state index in [0.717, 1.165) is 21.2 Å². The quantitative estimate of drug-likeness (QED) is 0.228. The van der Waals surface area contributed by atoms with Crippen LogP contribution in [0.5, 0.6) is 5.75 Å². The van der Waals surface area contributed by atoms with Crippen LogP contribution in [0, 0.1) is 0 Å². The van der Waals surface area contributed by atoms with Crippen LogP contribution in [0.3, 0.4) is 0 Å². The summed E-state index contributed by atoms with van der Waals surface area (Å²) >= 11 is 7.13. The number of hydrazone groups is 1. The maximum absolute atomic E-state index is 13.0. The molecule has 1 amide bonds. The third kappa shape index (κ3) is 6.45. The SMILES string of the molecule is CN(c1ccc(OCC(=O)OCC(=O)N2N=C(c3ccc(Cl)cc3)CC2c2ccco2)cc1)S(=O)(=O)c1cccs1. The van der Waals surface area contributed by atoms with E-state index in [4.69, 9.17) is 25.5 Å². The largest absolute Gasteiger partial charge is 0.482 e. The number of hydrogen-bond donors (Lipinski definition) is 0. The molecule has 1 atom stereocenters. The van der Waals surface area contributed by atoms with Crippen molar-refractivity contribution in [3.05, 3.63) is 101 Å². The molecule has 0 spiro atoms. The molecule has 10 nitrogen and oxygen atoms in total. The van der Waals surface area contributed by atoms with Crippen LogP contribution in [0.4, 0.5) is 5.69 Å². The minimum absolute atomic E-state index is 0.230. The zero-order chi connectivity index (χ0) is 29.0. The van der Waals surface area contributed by atoms with Crippen molar-refractivity contribution in [2.75, 3.05) is 24.6 Å². The first-order chi connectivity index (χ1) is 19.7. The molecule has 4 aromatic rings. The summed E-state index contributed by atoms with van der Waals surface area (Å²) in [5, 5.41) is 8.02. The van der Waals surface area contributed by atoms with Gasteiger partial charge in [0.25, 0.3) is 15.9 Å². The fraction of sp³-hybridized carbons (Fsp3) is 0.179. The lowest BCUT2D eigenvalue weighted by atomic mass is 10.0. The van der Waals surface area contributed by atoms with Crippen LogP contribution in [0.15, 0.2) is 98.2 Å². The fourth-order valence-electron chi connectivity index (χ4n) is 4.09. The number of halogens is 1. The standard InChI is InChI=1S/C28H24ClN3O7S2/c1-31(41(35,36)28-5-3-15-40-28)21-10-12-22(13-11-21)38-18-27(34)39-17-26(33)32-24(25-4-2-14-37-25)16-23(30-32)19-6-8-20(29)9-7-19/h2-15,24H,16-18H2,1H3. The molecule has 212 valence electrons. The Labute approximate surface area is 245 Å². The number of amides is 1. The Morgan fingerprint density at radius 2 is 1.83 bits per heavy atom. The molecule has 0 N–H and O–H groups in total. The van der Waals surface area contributed by atoms with Crippen molar-refractivity contribution in [3.63, 3.8) is 0 Å². The average Bonchev–Trinajstić information content (AvgIpc) is 3.77. The molecule has 2 aromatic heterocycles. The second-order valence-electron chi connectivity index (χ2n) is 8.88. The van der Waals surface area contributed by atoms with Gasteiger partial charge in [0.05, 0.1) is 17.7 Å². The first kappa shape index (κ1) is 28.4. The van der Waals surface area contributed by atoms with Crippen LogP contribution >= 0.6 is 22.9 Å². The Hall–Kier alpha value is -4.13. The molecule has 41 heavy (non-hydrogen) atoms. The summed E-state index contributed by atoms with van der Waals surface area (Å²) in [6.45, 7) is -0.988. The van der Waals surface area contributed by atoms with E-state index in [0.29, 0.717) is 34.4 Å². The summed E-state index contributed by atoms with van der Waals surface area (Å²) in [5.74, 6) is -0.398. The lowest BCUT2D eigenvalue weighted by molar-refractivity contribution is -0.154. The van der Waals surface area contributed by atoms with Crippen molar-refractivity contribution in [1.82, 2.24) is 5.01 Å². The molecule has 2 aromatic carbocycles. The number of benzene rings is 2. The predicted octanol–water partition coefficient (Wildman–Crippen LogP) is 5.12. The normalized spacial score (nSPS) is 14.9. The summed E-state index contributed by atoms with van der Waals surface area (Å²) < 4.78 is 42.9. The van der Waals surface area contributed by atoms with Crippen LogP contribution in [0.1, 0.15) is 23.8 Å². The van der Waals surface area contributed by atoms with Crippen molar-refractivity contribution in [3.8, 4) is 5.75 Å². The van der Waals surface area contributed by atoms with Gasteiger partial charge >= 0.3 is 5.97 Å². The van der Waals surface area contributed by atoms with E-state index in [-0.39, 0.29) is 4.21 Å². The van der Waals surface area contributed by atoms with Crippen LogP contribution in [0.2, 0.25) is 5.02 Å². The molecule has 5 rings (SSSR count). The van der Waals surface area contributed by atoms with E-state index in [2.05, 4.69) is 5.10 Å². The van der Waals surface area contributed by atoms with Gasteiger partial charge in [-0.15, -0.1) is 11.3 Å². The Balaban J connectivity index is 1.16. The molecular formula is C28H24ClN3O7S2. The van der Waals surface area contributed by atoms with E-state index >= 15 is 0 Å². The van der Waals surface area contributed by atoms with Crippen molar-refractivity contribution in [1.29, 1.82) is 0 Å². The number of hydrogen-bond acceptors (Lipinski definition) is 9. The van der Waals surface area contributed by atoms with E-state index < -0.39 is 41.2 Å². The first-order valence-electron chi connectivity index (χ1n) is 12.3. The predicted molar refractivity (Wildman–Crippen MR) is 154 cm³/mol. The van der Waals surface area contributed by atoms with Gasteiger partial charge in [-0.05, 0) is 65.5 Å². The monoisotopic (exact) mass is 613 g/mol. The number of rotatable bonds is 10. The number of carbonyl (C=O) groups excluding carboxylic acids is 2. The van der Waals surface area contributed by atoms with Gasteiger partial charge in [-0.2, -0.15) is 5.10 Å². The number of anilines is 1. The highest BCUT2D eigenvalue weighted by Gasteiger charge is 2.35. The molecule has 0 fully saturated rings. The third-order valence-electron chi connectivity index (χ3n) is 6.24. The summed E-state index contributed by atoms with van der Waals surface area (Å²) in [5.41, 5.74) is 1.91. The maximum Gasteiger partial charge on any atom is 0.344 e. The van der Waals surface area contributed by atoms with E-state index in [1.165, 1.54) is 24.4 Å². The second kappa shape index (κ2) is 12.2. The number of carbonyl (C=O) groups is 2. The molecule has 1 unspecified atom stereocenters. The van der Waals surface area contributed by atoms with Crippen LogP contribution < -0.4 is 9.04 Å². The molecule has 1 aliphatic heterocycles. The number of thiophene rings is 1. The van der Waals surface area contributed by atoms with Gasteiger partial charge in [0.2, 0.25) is 0 Å². The number of sulfonamides is 1. The maximum atomic E-state index is 13.0. The smallest absolute Gasteiger partial charge is 0.344 e. The van der Waals surface area contributed by atoms with Crippen LogP contribution in [-0.4, -0.2) is 51.3 Å². The number of nitrogens with zero attached hydrogens (tertiary/aromatic N) is 3. The highest BCUT2D eigenvalue weighted by Crippen LogP contribution is 2.33. The third-order valence-corrected chi connectivity index (χ3v) is 9.65. The molecule has 1 aliphatic rings. The number of furan rings is 1. The van der Waals surface area contributed by atoms with E-state index in [1.54, 1.807) is 60.0 Å². The zero-order valence-electron chi connectivity index (χ0n) is 21.7. The van der Waals surface area contributed by atoms with Gasteiger partial charge in [-0.1, -0.05) is 29.8 Å². The van der Waals surface area contributed by atoms with E-state index in [9.17, 15) is 18.0 Å². The van der Waals surface area contributed by atoms with Crippen molar-refractivity contribution < 1.29 is 31.9 Å². The zero-order valence-corrected chi connectivity index (χ0v) is 24.1. The van der Waals surface area contributed by atoms with Crippen LogP contribution in [0.25, 0.3) is 0 Å². The second-order valence-corrected chi connectivity index (χ2v) is 12.5. The Morgan fingerprint density at radius 1 is 1.07 bits per heavy atom. The minimum atomic E-state index is -3.67. The molecule has 13 heteroatoms.